The molecule has 9 nitrogen and oxygen atoms in total. The maximum absolute atomic E-state index is 12.1. The molecule has 0 radical (unpaired) electrons. The van der Waals surface area contributed by atoms with Crippen LogP contribution in [-0.4, -0.2) is 23.0 Å². The zero-order valence-electron chi connectivity index (χ0n) is 15.4. The Labute approximate surface area is 170 Å². The number of benzene rings is 2. The third-order valence-corrected chi connectivity index (χ3v) is 3.75. The number of hydrogen-bond donors (Lipinski definition) is 1. The van der Waals surface area contributed by atoms with Gasteiger partial charge in [0.1, 0.15) is 17.1 Å². The highest BCUT2D eigenvalue weighted by Crippen LogP contribution is 2.17. The number of amides is 1. The van der Waals surface area contributed by atoms with Crippen LogP contribution in [0.4, 0.5) is 5.69 Å². The van der Waals surface area contributed by atoms with Gasteiger partial charge in [-0.1, -0.05) is 12.1 Å². The van der Waals surface area contributed by atoms with Crippen LogP contribution in [0.3, 0.4) is 0 Å². The first-order chi connectivity index (χ1) is 14.5. The van der Waals surface area contributed by atoms with E-state index < -0.39 is 16.8 Å². The lowest BCUT2D eigenvalue weighted by Gasteiger charge is -2.02. The first kappa shape index (κ1) is 20.2. The molecule has 0 saturated heterocycles. The molecule has 0 unspecified atom stereocenters. The average Bonchev–Trinajstić information content (AvgIpc) is 3.27. The number of nitro groups is 1. The fraction of sp³-hybridized carbons (Fsp3) is 0. The summed E-state index contributed by atoms with van der Waals surface area (Å²) in [6.07, 6.45) is 5.58. The van der Waals surface area contributed by atoms with E-state index in [4.69, 9.17) is 9.15 Å². The van der Waals surface area contributed by atoms with E-state index in [1.165, 1.54) is 48.9 Å². The molecule has 3 aromatic rings. The van der Waals surface area contributed by atoms with Crippen molar-refractivity contribution in [3.8, 4) is 5.75 Å². The van der Waals surface area contributed by atoms with Crippen molar-refractivity contribution in [1.29, 1.82) is 0 Å². The second kappa shape index (κ2) is 9.60. The van der Waals surface area contributed by atoms with E-state index in [9.17, 15) is 19.7 Å². The zero-order valence-corrected chi connectivity index (χ0v) is 15.4. The van der Waals surface area contributed by atoms with Crippen LogP contribution in [0.25, 0.3) is 6.08 Å². The van der Waals surface area contributed by atoms with E-state index in [1.807, 2.05) is 0 Å². The Balaban J connectivity index is 1.55. The molecule has 0 spiro atoms. The molecule has 150 valence electrons. The molecule has 0 aliphatic rings. The van der Waals surface area contributed by atoms with Crippen LogP contribution in [0.5, 0.6) is 5.75 Å². The Morgan fingerprint density at radius 3 is 2.53 bits per heavy atom. The number of hydrogen-bond acceptors (Lipinski definition) is 7. The molecule has 30 heavy (non-hydrogen) atoms. The maximum Gasteiger partial charge on any atom is 0.336 e. The minimum Gasteiger partial charge on any atom is -0.465 e. The van der Waals surface area contributed by atoms with Gasteiger partial charge in [-0.15, -0.1) is 0 Å². The Morgan fingerprint density at radius 2 is 1.83 bits per heavy atom. The first-order valence-electron chi connectivity index (χ1n) is 8.63. The number of nitro benzene ring substituents is 1. The molecule has 0 aliphatic carbocycles. The lowest BCUT2D eigenvalue weighted by atomic mass is 10.2. The van der Waals surface area contributed by atoms with E-state index in [2.05, 4.69) is 10.5 Å². The van der Waals surface area contributed by atoms with Crippen molar-refractivity contribution in [2.45, 2.75) is 0 Å². The minimum absolute atomic E-state index is 0.0930. The first-order valence-corrected chi connectivity index (χ1v) is 8.63. The van der Waals surface area contributed by atoms with Crippen LogP contribution in [0.1, 0.15) is 21.7 Å². The van der Waals surface area contributed by atoms with Gasteiger partial charge in [-0.25, -0.2) is 10.2 Å². The molecule has 3 rings (SSSR count). The van der Waals surface area contributed by atoms with Gasteiger partial charge in [-0.2, -0.15) is 5.10 Å². The van der Waals surface area contributed by atoms with E-state index in [1.54, 1.807) is 36.4 Å². The summed E-state index contributed by atoms with van der Waals surface area (Å²) in [5.41, 5.74) is 2.46. The third-order valence-electron chi connectivity index (χ3n) is 3.75. The molecule has 1 N–H and O–H groups in total. The van der Waals surface area contributed by atoms with Crippen LogP contribution in [0.15, 0.2) is 82.5 Å². The molecular weight excluding hydrogens is 390 g/mol. The van der Waals surface area contributed by atoms with Crippen molar-refractivity contribution in [3.63, 3.8) is 0 Å². The second-order valence-corrected chi connectivity index (χ2v) is 5.81. The van der Waals surface area contributed by atoms with Crippen molar-refractivity contribution in [1.82, 2.24) is 5.43 Å². The Kier molecular flexibility index (Phi) is 6.47. The summed E-state index contributed by atoms with van der Waals surface area (Å²) in [4.78, 5) is 34.2. The lowest BCUT2D eigenvalue weighted by Crippen LogP contribution is -2.18. The van der Waals surface area contributed by atoms with Gasteiger partial charge in [-0.05, 0) is 54.1 Å². The number of rotatable bonds is 7. The highest BCUT2D eigenvalue weighted by atomic mass is 16.6. The van der Waals surface area contributed by atoms with Gasteiger partial charge >= 0.3 is 5.97 Å². The van der Waals surface area contributed by atoms with Gasteiger partial charge in [0.15, 0.2) is 0 Å². The van der Waals surface area contributed by atoms with Crippen LogP contribution in [-0.2, 0) is 4.79 Å². The van der Waals surface area contributed by atoms with Crippen LogP contribution in [0, 0.1) is 10.1 Å². The summed E-state index contributed by atoms with van der Waals surface area (Å²) in [6.45, 7) is 0. The van der Waals surface area contributed by atoms with Gasteiger partial charge in [0.2, 0.25) is 0 Å². The molecule has 0 fully saturated rings. The van der Waals surface area contributed by atoms with Crippen LogP contribution < -0.4 is 10.2 Å². The number of carbonyl (C=O) groups is 2. The molecule has 0 aliphatic heterocycles. The number of ether oxygens (including phenoxy) is 1. The quantitative estimate of drug-likeness (QED) is 0.160. The van der Waals surface area contributed by atoms with Crippen molar-refractivity contribution < 1.29 is 23.7 Å². The average molecular weight is 405 g/mol. The molecule has 1 aromatic heterocycles. The second-order valence-electron chi connectivity index (χ2n) is 5.81. The molecule has 1 amide bonds. The normalized spacial score (nSPS) is 10.9. The number of esters is 1. The van der Waals surface area contributed by atoms with E-state index in [0.717, 1.165) is 0 Å². The molecular formula is C21H15N3O6. The van der Waals surface area contributed by atoms with Gasteiger partial charge in [0.25, 0.3) is 11.6 Å². The number of para-hydroxylation sites is 1. The fourth-order valence-electron chi connectivity index (χ4n) is 2.36. The zero-order chi connectivity index (χ0) is 21.3. The summed E-state index contributed by atoms with van der Waals surface area (Å²) >= 11 is 0. The lowest BCUT2D eigenvalue weighted by molar-refractivity contribution is -0.385. The van der Waals surface area contributed by atoms with E-state index >= 15 is 0 Å². The topological polar surface area (TPSA) is 124 Å². The smallest absolute Gasteiger partial charge is 0.336 e. The van der Waals surface area contributed by atoms with Crippen molar-refractivity contribution in [2.75, 3.05) is 0 Å². The highest BCUT2D eigenvalue weighted by molar-refractivity contribution is 5.98. The van der Waals surface area contributed by atoms with Crippen molar-refractivity contribution in [2.24, 2.45) is 5.10 Å². The molecule has 9 heteroatoms. The Morgan fingerprint density at radius 1 is 1.07 bits per heavy atom. The largest absolute Gasteiger partial charge is 0.465 e. The number of nitrogens with one attached hydrogen (secondary N) is 1. The summed E-state index contributed by atoms with van der Waals surface area (Å²) in [6, 6.07) is 15.3. The molecule has 1 heterocycles. The number of nitrogens with zero attached hydrogens (tertiary/aromatic N) is 2. The number of hydrazone groups is 1. The number of carbonyl (C=O) groups excluding carboxylic acids is 2. The van der Waals surface area contributed by atoms with Crippen molar-refractivity contribution >= 4 is 29.9 Å². The minimum atomic E-state index is -0.701. The highest BCUT2D eigenvalue weighted by Gasteiger charge is 2.18. The van der Waals surface area contributed by atoms with Crippen molar-refractivity contribution in [3.05, 3.63) is 100 Å². The molecule has 0 saturated carbocycles. The van der Waals surface area contributed by atoms with Gasteiger partial charge in [-0.3, -0.25) is 14.9 Å². The maximum atomic E-state index is 12.1. The molecule has 0 bridgehead atoms. The fourth-order valence-corrected chi connectivity index (χ4v) is 2.36. The standard InChI is InChI=1S/C21H15N3O6/c25-20(12-11-16-4-3-13-29-16)30-17-9-7-15(8-10-17)14-22-23-21(26)18-5-1-2-6-19(18)24(27)28/h1-14H,(H,23,26)/b12-11+,22-14-. The third kappa shape index (κ3) is 5.49. The van der Waals surface area contributed by atoms with Crippen LogP contribution >= 0.6 is 0 Å². The monoisotopic (exact) mass is 405 g/mol. The summed E-state index contributed by atoms with van der Waals surface area (Å²) in [5, 5.41) is 14.8. The summed E-state index contributed by atoms with van der Waals surface area (Å²) in [7, 11) is 0. The number of furan rings is 1. The Hall–Kier alpha value is -4.53. The predicted molar refractivity (Wildman–Crippen MR) is 108 cm³/mol. The van der Waals surface area contributed by atoms with Gasteiger partial charge in [0, 0.05) is 12.1 Å². The van der Waals surface area contributed by atoms with E-state index in [0.29, 0.717) is 17.1 Å². The van der Waals surface area contributed by atoms with E-state index in [-0.39, 0.29) is 11.3 Å². The van der Waals surface area contributed by atoms with Gasteiger partial charge < -0.3 is 9.15 Å². The summed E-state index contributed by atoms with van der Waals surface area (Å²) in [5.74, 6) is -0.413. The predicted octanol–water partition coefficient (Wildman–Crippen LogP) is 3.57. The van der Waals surface area contributed by atoms with Gasteiger partial charge in [0.05, 0.1) is 17.4 Å². The van der Waals surface area contributed by atoms with Crippen LogP contribution in [0.2, 0.25) is 0 Å². The Bertz CT molecular complexity index is 1100. The molecule has 2 aromatic carbocycles. The SMILES string of the molecule is O=C(/C=C/c1ccco1)Oc1ccc(/C=N\NC(=O)c2ccccc2[N+](=O)[O-])cc1. The molecule has 0 atom stereocenters. The summed E-state index contributed by atoms with van der Waals surface area (Å²) < 4.78 is 10.2.